The lowest BCUT2D eigenvalue weighted by atomic mass is 10.1. The molecule has 0 bridgehead atoms. The molecule has 3 heteroatoms. The van der Waals surface area contributed by atoms with Crippen molar-refractivity contribution in [2.75, 3.05) is 37.5 Å². The Hall–Kier alpha value is -2.00. The molecule has 0 radical (unpaired) electrons. The van der Waals surface area contributed by atoms with Gasteiger partial charge in [0.2, 0.25) is 0 Å². The van der Waals surface area contributed by atoms with E-state index < -0.39 is 6.10 Å². The highest BCUT2D eigenvalue weighted by atomic mass is 16.3. The predicted molar refractivity (Wildman–Crippen MR) is 85.4 cm³/mol. The van der Waals surface area contributed by atoms with E-state index in [2.05, 4.69) is 4.90 Å². The molecule has 1 atom stereocenters. The molecule has 0 fully saturated rings. The first-order valence-corrected chi connectivity index (χ1v) is 6.79. The maximum atomic E-state index is 10.3. The first kappa shape index (κ1) is 14.4. The van der Waals surface area contributed by atoms with Gasteiger partial charge in [-0.15, -0.1) is 0 Å². The van der Waals surface area contributed by atoms with Crippen LogP contribution in [0.5, 0.6) is 0 Å². The molecule has 2 aromatic rings. The summed E-state index contributed by atoms with van der Waals surface area (Å²) < 4.78 is 0. The monoisotopic (exact) mass is 270 g/mol. The van der Waals surface area contributed by atoms with Gasteiger partial charge in [-0.25, -0.2) is 0 Å². The Bertz CT molecular complexity index is 522. The summed E-state index contributed by atoms with van der Waals surface area (Å²) in [6.07, 6.45) is -0.489. The minimum Gasteiger partial charge on any atom is -0.387 e. The van der Waals surface area contributed by atoms with Gasteiger partial charge in [-0.1, -0.05) is 30.3 Å². The van der Waals surface area contributed by atoms with Crippen molar-refractivity contribution in [1.29, 1.82) is 0 Å². The van der Waals surface area contributed by atoms with Crippen molar-refractivity contribution in [3.63, 3.8) is 0 Å². The fraction of sp³-hybridized carbons (Fsp3) is 0.294. The molecule has 106 valence electrons. The number of anilines is 2. The van der Waals surface area contributed by atoms with Crippen LogP contribution in [0.15, 0.2) is 54.6 Å². The summed E-state index contributed by atoms with van der Waals surface area (Å²) in [5, 5.41) is 10.3. The van der Waals surface area contributed by atoms with Gasteiger partial charge in [0.25, 0.3) is 0 Å². The van der Waals surface area contributed by atoms with Crippen molar-refractivity contribution >= 4 is 11.4 Å². The number of likely N-dealkylation sites (N-methyl/N-ethyl adjacent to an activating group) is 1. The maximum absolute atomic E-state index is 10.3. The molecule has 20 heavy (non-hydrogen) atoms. The molecule has 0 saturated carbocycles. The second-order valence-corrected chi connectivity index (χ2v) is 5.22. The number of aliphatic hydroxyl groups is 1. The highest BCUT2D eigenvalue weighted by Gasteiger charge is 2.11. The van der Waals surface area contributed by atoms with Gasteiger partial charge >= 0.3 is 0 Å². The van der Waals surface area contributed by atoms with Crippen molar-refractivity contribution < 1.29 is 5.11 Å². The number of aliphatic hydroxyl groups excluding tert-OH is 1. The third kappa shape index (κ3) is 3.52. The summed E-state index contributed by atoms with van der Waals surface area (Å²) >= 11 is 0. The summed E-state index contributed by atoms with van der Waals surface area (Å²) in [6.45, 7) is 0.575. The van der Waals surface area contributed by atoms with Crippen LogP contribution in [0, 0.1) is 0 Å². The number of hydrogen-bond donors (Lipinski definition) is 1. The molecule has 0 amide bonds. The van der Waals surface area contributed by atoms with E-state index in [9.17, 15) is 5.11 Å². The summed E-state index contributed by atoms with van der Waals surface area (Å²) in [6, 6.07) is 18.1. The molecule has 0 aliphatic rings. The predicted octanol–water partition coefficient (Wildman–Crippen LogP) is 2.92. The first-order valence-electron chi connectivity index (χ1n) is 6.79. The van der Waals surface area contributed by atoms with Gasteiger partial charge in [-0.05, 0) is 29.8 Å². The highest BCUT2D eigenvalue weighted by Crippen LogP contribution is 2.20. The van der Waals surface area contributed by atoms with Crippen molar-refractivity contribution in [3.8, 4) is 0 Å². The molecule has 0 aliphatic heterocycles. The highest BCUT2D eigenvalue weighted by molar-refractivity contribution is 5.48. The number of nitrogens with zero attached hydrogens (tertiary/aromatic N) is 2. The zero-order valence-electron chi connectivity index (χ0n) is 12.3. The zero-order valence-corrected chi connectivity index (χ0v) is 12.3. The lowest BCUT2D eigenvalue weighted by Gasteiger charge is -2.23. The van der Waals surface area contributed by atoms with Crippen LogP contribution in [0.4, 0.5) is 11.4 Å². The average Bonchev–Trinajstić information content (AvgIpc) is 2.48. The van der Waals surface area contributed by atoms with Gasteiger partial charge in [0.1, 0.15) is 0 Å². The van der Waals surface area contributed by atoms with Crippen LogP contribution in [0.3, 0.4) is 0 Å². The van der Waals surface area contributed by atoms with E-state index in [0.717, 1.165) is 16.9 Å². The SMILES string of the molecule is CN(C)c1ccc(C(O)CN(C)c2ccccc2)cc1. The fourth-order valence-electron chi connectivity index (χ4n) is 2.15. The van der Waals surface area contributed by atoms with Crippen molar-refractivity contribution in [2.24, 2.45) is 0 Å². The van der Waals surface area contributed by atoms with Gasteiger partial charge in [0.15, 0.2) is 0 Å². The Labute approximate surface area is 121 Å². The van der Waals surface area contributed by atoms with Crippen LogP contribution >= 0.6 is 0 Å². The molecule has 2 rings (SSSR count). The van der Waals surface area contributed by atoms with E-state index in [0.29, 0.717) is 6.54 Å². The topological polar surface area (TPSA) is 26.7 Å². The lowest BCUT2D eigenvalue weighted by Crippen LogP contribution is -2.24. The van der Waals surface area contributed by atoms with Gasteiger partial charge in [0, 0.05) is 39.1 Å². The first-order chi connectivity index (χ1) is 9.58. The maximum Gasteiger partial charge on any atom is 0.0964 e. The lowest BCUT2D eigenvalue weighted by molar-refractivity contribution is 0.185. The molecule has 0 saturated heterocycles. The molecule has 3 nitrogen and oxygen atoms in total. The third-order valence-electron chi connectivity index (χ3n) is 3.44. The average molecular weight is 270 g/mol. The number of hydrogen-bond acceptors (Lipinski definition) is 3. The molecular formula is C17H22N2O. The summed E-state index contributed by atoms with van der Waals surface area (Å²) in [4.78, 5) is 4.11. The fourth-order valence-corrected chi connectivity index (χ4v) is 2.15. The smallest absolute Gasteiger partial charge is 0.0964 e. The van der Waals surface area contributed by atoms with E-state index in [1.807, 2.05) is 80.6 Å². The van der Waals surface area contributed by atoms with Crippen molar-refractivity contribution in [2.45, 2.75) is 6.10 Å². The Kier molecular flexibility index (Phi) is 4.64. The van der Waals surface area contributed by atoms with Crippen LogP contribution in [0.2, 0.25) is 0 Å². The molecular weight excluding hydrogens is 248 g/mol. The summed E-state index contributed by atoms with van der Waals surface area (Å²) in [5.74, 6) is 0. The van der Waals surface area contributed by atoms with E-state index in [4.69, 9.17) is 0 Å². The van der Waals surface area contributed by atoms with E-state index in [-0.39, 0.29) is 0 Å². The van der Waals surface area contributed by atoms with E-state index >= 15 is 0 Å². The number of rotatable bonds is 5. The van der Waals surface area contributed by atoms with Gasteiger partial charge in [-0.3, -0.25) is 0 Å². The molecule has 1 unspecified atom stereocenters. The second kappa shape index (κ2) is 6.44. The van der Waals surface area contributed by atoms with Crippen LogP contribution < -0.4 is 9.80 Å². The molecule has 0 aliphatic carbocycles. The Morgan fingerprint density at radius 2 is 1.45 bits per heavy atom. The summed E-state index contributed by atoms with van der Waals surface area (Å²) in [5.41, 5.74) is 3.19. The minimum atomic E-state index is -0.489. The van der Waals surface area contributed by atoms with Gasteiger partial charge in [0.05, 0.1) is 6.10 Å². The van der Waals surface area contributed by atoms with Crippen LogP contribution in [0.25, 0.3) is 0 Å². The summed E-state index contributed by atoms with van der Waals surface area (Å²) in [7, 11) is 6.01. The minimum absolute atomic E-state index is 0.489. The Morgan fingerprint density at radius 1 is 0.850 bits per heavy atom. The van der Waals surface area contributed by atoms with Crippen LogP contribution in [-0.2, 0) is 0 Å². The van der Waals surface area contributed by atoms with Gasteiger partial charge < -0.3 is 14.9 Å². The molecule has 2 aromatic carbocycles. The quantitative estimate of drug-likeness (QED) is 0.905. The standard InChI is InChI=1S/C17H22N2O/c1-18(2)15-11-9-14(10-12-15)17(20)13-19(3)16-7-5-4-6-8-16/h4-12,17,20H,13H2,1-3H3. The largest absolute Gasteiger partial charge is 0.387 e. The van der Waals surface area contributed by atoms with Crippen LogP contribution in [-0.4, -0.2) is 32.8 Å². The Balaban J connectivity index is 2.02. The number of para-hydroxylation sites is 1. The molecule has 0 spiro atoms. The molecule has 1 N–H and O–H groups in total. The van der Waals surface area contributed by atoms with Crippen molar-refractivity contribution in [3.05, 3.63) is 60.2 Å². The number of benzene rings is 2. The third-order valence-corrected chi connectivity index (χ3v) is 3.44. The van der Waals surface area contributed by atoms with E-state index in [1.54, 1.807) is 0 Å². The second-order valence-electron chi connectivity index (χ2n) is 5.22. The van der Waals surface area contributed by atoms with E-state index in [1.165, 1.54) is 0 Å². The van der Waals surface area contributed by atoms with Crippen LogP contribution in [0.1, 0.15) is 11.7 Å². The Morgan fingerprint density at radius 3 is 2.00 bits per heavy atom. The van der Waals surface area contributed by atoms with Gasteiger partial charge in [-0.2, -0.15) is 0 Å². The molecule has 0 heterocycles. The molecule has 0 aromatic heterocycles. The zero-order chi connectivity index (χ0) is 14.5. The normalized spacial score (nSPS) is 12.0. The van der Waals surface area contributed by atoms with Crippen molar-refractivity contribution in [1.82, 2.24) is 0 Å².